The Kier molecular flexibility index (Phi) is 6.36. The summed E-state index contributed by atoms with van der Waals surface area (Å²) in [5, 5.41) is 0. The molecule has 11 heteroatoms. The smallest absolute Gasteiger partial charge is 0.410 e. The van der Waals surface area contributed by atoms with E-state index >= 15 is 0 Å². The van der Waals surface area contributed by atoms with Crippen molar-refractivity contribution in [3.05, 3.63) is 39.9 Å². The van der Waals surface area contributed by atoms with Crippen molar-refractivity contribution in [2.24, 2.45) is 0 Å². The topological polar surface area (TPSA) is 111 Å². The normalized spacial score (nSPS) is 21.2. The summed E-state index contributed by atoms with van der Waals surface area (Å²) in [5.41, 5.74) is 2.75. The van der Waals surface area contributed by atoms with E-state index in [-0.39, 0.29) is 24.0 Å². The molecule has 4 heterocycles. The van der Waals surface area contributed by atoms with Crippen LogP contribution in [0, 0.1) is 0 Å². The quantitative estimate of drug-likeness (QED) is 0.495. The highest BCUT2D eigenvalue weighted by atomic mass is 16.7. The molecule has 2 aromatic carbocycles. The second-order valence-electron chi connectivity index (χ2n) is 11.1. The van der Waals surface area contributed by atoms with Crippen molar-refractivity contribution in [3.8, 4) is 28.7 Å². The Labute approximate surface area is 232 Å². The highest BCUT2D eigenvalue weighted by Crippen LogP contribution is 2.58. The van der Waals surface area contributed by atoms with Crippen molar-refractivity contribution in [1.82, 2.24) is 4.90 Å². The first-order chi connectivity index (χ1) is 19.2. The molecule has 214 valence electrons. The third-order valence-electron chi connectivity index (χ3n) is 7.68. The van der Waals surface area contributed by atoms with E-state index in [9.17, 15) is 9.59 Å². The number of hydrogen-bond donors (Lipinski definition) is 0. The second-order valence-corrected chi connectivity index (χ2v) is 11.1. The van der Waals surface area contributed by atoms with E-state index in [0.29, 0.717) is 60.3 Å². The Bertz CT molecular complexity index is 1380. The van der Waals surface area contributed by atoms with Crippen LogP contribution in [-0.4, -0.2) is 70.4 Å². The molecule has 1 amide bonds. The minimum Gasteiger partial charge on any atom is -0.493 e. The zero-order chi connectivity index (χ0) is 28.3. The average Bonchev–Trinajstić information content (AvgIpc) is 3.50. The number of ether oxygens (including phenoxy) is 8. The Hall–Kier alpha value is -3.86. The van der Waals surface area contributed by atoms with Crippen molar-refractivity contribution in [2.45, 2.75) is 50.9 Å². The average molecular weight is 556 g/mol. The molecule has 2 atom stereocenters. The molecule has 6 rings (SSSR count). The standard InChI is InChI=1S/C29H33NO10/c1-29(2,3)40-28(32)30-10-9-15-18(14-11-36-12-14)25-26(38-13-37-25)24(35-6)19(15)21(30)22-16-7-8-17(33-4)23(34-5)20(16)27(31)39-22/h7-8,14,21-22H,9-13H2,1-6H3/t21-,22+/m1/s1. The lowest BCUT2D eigenvalue weighted by Gasteiger charge is -2.42. The molecule has 4 aliphatic rings. The summed E-state index contributed by atoms with van der Waals surface area (Å²) >= 11 is 0. The lowest BCUT2D eigenvalue weighted by Crippen LogP contribution is -2.46. The molecule has 4 aliphatic heterocycles. The summed E-state index contributed by atoms with van der Waals surface area (Å²) in [6.07, 6.45) is -0.890. The molecule has 0 bridgehead atoms. The highest BCUT2D eigenvalue weighted by Gasteiger charge is 2.50. The maximum Gasteiger partial charge on any atom is 0.410 e. The van der Waals surface area contributed by atoms with Crippen molar-refractivity contribution >= 4 is 12.1 Å². The Morgan fingerprint density at radius 3 is 2.33 bits per heavy atom. The monoisotopic (exact) mass is 555 g/mol. The Morgan fingerprint density at radius 2 is 1.70 bits per heavy atom. The van der Waals surface area contributed by atoms with Crippen LogP contribution in [0.25, 0.3) is 0 Å². The van der Waals surface area contributed by atoms with Gasteiger partial charge in [0.15, 0.2) is 29.1 Å². The van der Waals surface area contributed by atoms with E-state index in [1.165, 1.54) is 14.2 Å². The van der Waals surface area contributed by atoms with Crippen LogP contribution < -0.4 is 23.7 Å². The summed E-state index contributed by atoms with van der Waals surface area (Å²) < 4.78 is 46.3. The summed E-state index contributed by atoms with van der Waals surface area (Å²) in [6, 6.07) is 2.71. The summed E-state index contributed by atoms with van der Waals surface area (Å²) in [4.78, 5) is 28.7. The SMILES string of the molecule is COc1ccc2c(c1OC)C(=O)O[C@@H]2[C@H]1c2c(c(C3COC3)c3c(c2OC)OCO3)CCN1C(=O)OC(C)(C)C. The van der Waals surface area contributed by atoms with E-state index in [1.807, 2.05) is 20.8 Å². The number of amides is 1. The van der Waals surface area contributed by atoms with Crippen LogP contribution in [0.1, 0.15) is 71.4 Å². The fourth-order valence-electron chi connectivity index (χ4n) is 6.04. The van der Waals surface area contributed by atoms with Gasteiger partial charge in [0.1, 0.15) is 17.2 Å². The van der Waals surface area contributed by atoms with Gasteiger partial charge in [-0.2, -0.15) is 0 Å². The third kappa shape index (κ3) is 3.97. The molecule has 1 fully saturated rings. The van der Waals surface area contributed by atoms with Gasteiger partial charge in [0.05, 0.1) is 34.5 Å². The van der Waals surface area contributed by atoms with E-state index in [1.54, 1.807) is 24.1 Å². The fourth-order valence-corrected chi connectivity index (χ4v) is 6.04. The van der Waals surface area contributed by atoms with Gasteiger partial charge in [0, 0.05) is 29.2 Å². The van der Waals surface area contributed by atoms with Gasteiger partial charge in [-0.3, -0.25) is 4.90 Å². The number of benzene rings is 2. The van der Waals surface area contributed by atoms with E-state index in [2.05, 4.69) is 0 Å². The van der Waals surface area contributed by atoms with Gasteiger partial charge in [0.2, 0.25) is 12.5 Å². The van der Waals surface area contributed by atoms with Gasteiger partial charge < -0.3 is 37.9 Å². The van der Waals surface area contributed by atoms with Crippen LogP contribution in [-0.2, 0) is 20.6 Å². The molecular formula is C29H33NO10. The summed E-state index contributed by atoms with van der Waals surface area (Å²) in [6.45, 7) is 6.91. The molecule has 2 aromatic rings. The largest absolute Gasteiger partial charge is 0.493 e. The first-order valence-corrected chi connectivity index (χ1v) is 13.2. The van der Waals surface area contributed by atoms with Gasteiger partial charge in [-0.15, -0.1) is 0 Å². The predicted octanol–water partition coefficient (Wildman–Crippen LogP) is 4.30. The van der Waals surface area contributed by atoms with Crippen molar-refractivity contribution in [3.63, 3.8) is 0 Å². The molecule has 0 unspecified atom stereocenters. The van der Waals surface area contributed by atoms with Crippen LogP contribution >= 0.6 is 0 Å². The van der Waals surface area contributed by atoms with Crippen LogP contribution in [0.15, 0.2) is 12.1 Å². The summed E-state index contributed by atoms with van der Waals surface area (Å²) in [5.74, 6) is 1.76. The van der Waals surface area contributed by atoms with Gasteiger partial charge >= 0.3 is 12.1 Å². The maximum absolute atomic E-state index is 13.7. The number of nitrogens with zero attached hydrogens (tertiary/aromatic N) is 1. The molecular weight excluding hydrogens is 522 g/mol. The van der Waals surface area contributed by atoms with Gasteiger partial charge in [0.25, 0.3) is 0 Å². The molecule has 40 heavy (non-hydrogen) atoms. The number of carbonyl (C=O) groups is 2. The molecule has 0 radical (unpaired) electrons. The summed E-state index contributed by atoms with van der Waals surface area (Å²) in [7, 11) is 4.52. The molecule has 0 saturated carbocycles. The third-order valence-corrected chi connectivity index (χ3v) is 7.68. The highest BCUT2D eigenvalue weighted by molar-refractivity contribution is 5.98. The number of carbonyl (C=O) groups excluding carboxylic acids is 2. The number of fused-ring (bicyclic) bond motifs is 3. The lowest BCUT2D eigenvalue weighted by molar-refractivity contribution is -0.0201. The number of rotatable bonds is 5. The molecule has 1 saturated heterocycles. The second kappa shape index (κ2) is 9.65. The van der Waals surface area contributed by atoms with Crippen molar-refractivity contribution in [1.29, 1.82) is 0 Å². The van der Waals surface area contributed by atoms with Crippen LogP contribution in [0.2, 0.25) is 0 Å². The van der Waals surface area contributed by atoms with Crippen LogP contribution in [0.3, 0.4) is 0 Å². The van der Waals surface area contributed by atoms with Crippen LogP contribution in [0.5, 0.6) is 28.7 Å². The first-order valence-electron chi connectivity index (χ1n) is 13.2. The first kappa shape index (κ1) is 26.4. The Morgan fingerprint density at radius 1 is 0.975 bits per heavy atom. The molecule has 0 aromatic heterocycles. The van der Waals surface area contributed by atoms with Crippen LogP contribution in [0.4, 0.5) is 4.79 Å². The minimum atomic E-state index is -0.881. The van der Waals surface area contributed by atoms with Gasteiger partial charge in [-0.05, 0) is 38.8 Å². The Balaban J connectivity index is 1.59. The number of hydrogen-bond acceptors (Lipinski definition) is 10. The van der Waals surface area contributed by atoms with E-state index in [0.717, 1.165) is 11.1 Å². The van der Waals surface area contributed by atoms with Gasteiger partial charge in [-0.1, -0.05) is 6.07 Å². The fraction of sp³-hybridized carbons (Fsp3) is 0.517. The molecule has 11 nitrogen and oxygen atoms in total. The number of esters is 1. The van der Waals surface area contributed by atoms with E-state index in [4.69, 9.17) is 37.9 Å². The van der Waals surface area contributed by atoms with E-state index < -0.39 is 29.8 Å². The van der Waals surface area contributed by atoms with Crippen molar-refractivity contribution < 1.29 is 47.5 Å². The van der Waals surface area contributed by atoms with Crippen molar-refractivity contribution in [2.75, 3.05) is 47.9 Å². The zero-order valence-electron chi connectivity index (χ0n) is 23.5. The number of cyclic esters (lactones) is 1. The lowest BCUT2D eigenvalue weighted by atomic mass is 9.79. The molecule has 0 spiro atoms. The van der Waals surface area contributed by atoms with Gasteiger partial charge in [-0.25, -0.2) is 9.59 Å². The molecule has 0 aliphatic carbocycles. The molecule has 0 N–H and O–H groups in total. The minimum absolute atomic E-state index is 0.0495. The maximum atomic E-state index is 13.7. The number of methoxy groups -OCH3 is 3. The predicted molar refractivity (Wildman–Crippen MR) is 140 cm³/mol. The zero-order valence-corrected chi connectivity index (χ0v) is 23.5.